The number of nitrogens with one attached hydrogen (secondary N) is 1. The molecule has 2 fully saturated rings. The predicted octanol–water partition coefficient (Wildman–Crippen LogP) is 3.33. The topological polar surface area (TPSA) is 35.6 Å². The van der Waals surface area contributed by atoms with Crippen LogP contribution in [-0.4, -0.2) is 49.1 Å². The van der Waals surface area contributed by atoms with E-state index in [-0.39, 0.29) is 36.3 Å². The molecule has 1 aromatic rings. The van der Waals surface area contributed by atoms with Crippen LogP contribution in [0.3, 0.4) is 0 Å². The Morgan fingerprint density at radius 1 is 1.08 bits per heavy atom. The molecule has 6 heteroatoms. The molecule has 2 saturated heterocycles. The quantitative estimate of drug-likeness (QED) is 0.844. The van der Waals surface area contributed by atoms with Gasteiger partial charge in [-0.3, -0.25) is 4.79 Å². The number of halogens is 2. The van der Waals surface area contributed by atoms with Crippen molar-refractivity contribution in [2.45, 2.75) is 45.6 Å². The molecule has 1 N–H and O–H groups in total. The van der Waals surface area contributed by atoms with Crippen molar-refractivity contribution >= 4 is 36.4 Å². The number of anilines is 1. The Kier molecular flexibility index (Phi) is 8.04. The molecule has 2 aliphatic heterocycles. The maximum atomic E-state index is 12.9. The van der Waals surface area contributed by atoms with Gasteiger partial charge in [0.2, 0.25) is 5.91 Å². The number of carbonyl (C=O) groups is 1. The summed E-state index contributed by atoms with van der Waals surface area (Å²) in [6.07, 6.45) is 3.30. The maximum absolute atomic E-state index is 12.9. The van der Waals surface area contributed by atoms with E-state index in [1.54, 1.807) is 0 Å². The van der Waals surface area contributed by atoms with Crippen LogP contribution in [0.1, 0.15) is 37.3 Å². The Morgan fingerprint density at radius 2 is 1.76 bits per heavy atom. The Morgan fingerprint density at radius 3 is 2.36 bits per heavy atom. The average Bonchev–Trinajstić information content (AvgIpc) is 2.58. The number of carbonyl (C=O) groups excluding carboxylic acids is 1. The van der Waals surface area contributed by atoms with Crippen molar-refractivity contribution in [2.24, 2.45) is 0 Å². The van der Waals surface area contributed by atoms with E-state index in [0.29, 0.717) is 0 Å². The van der Waals surface area contributed by atoms with Crippen molar-refractivity contribution in [2.75, 3.05) is 37.6 Å². The monoisotopic (exact) mass is 387 g/mol. The molecular weight excluding hydrogens is 357 g/mol. The highest BCUT2D eigenvalue weighted by Gasteiger charge is 2.38. The number of nitrogens with zero attached hydrogens (tertiary/aromatic N) is 2. The van der Waals surface area contributed by atoms with E-state index in [9.17, 15) is 4.79 Å². The van der Waals surface area contributed by atoms with E-state index < -0.39 is 0 Å². The summed E-state index contributed by atoms with van der Waals surface area (Å²) in [5.41, 5.74) is 3.66. The average molecular weight is 388 g/mol. The summed E-state index contributed by atoms with van der Waals surface area (Å²) in [4.78, 5) is 17.4. The molecule has 142 valence electrons. The van der Waals surface area contributed by atoms with Crippen molar-refractivity contribution in [3.8, 4) is 0 Å². The summed E-state index contributed by atoms with van der Waals surface area (Å²) in [5.74, 6) is 0.290. The van der Waals surface area contributed by atoms with Gasteiger partial charge in [-0.25, -0.2) is 0 Å². The van der Waals surface area contributed by atoms with Crippen LogP contribution in [0.15, 0.2) is 18.2 Å². The van der Waals surface area contributed by atoms with Crippen molar-refractivity contribution in [1.29, 1.82) is 0 Å². The highest BCUT2D eigenvalue weighted by Crippen LogP contribution is 2.26. The summed E-state index contributed by atoms with van der Waals surface area (Å²) < 4.78 is 0. The zero-order valence-electron chi connectivity index (χ0n) is 15.5. The summed E-state index contributed by atoms with van der Waals surface area (Å²) >= 11 is 0. The molecule has 0 spiro atoms. The minimum atomic E-state index is -0.348. The van der Waals surface area contributed by atoms with Gasteiger partial charge in [0.1, 0.15) is 0 Å². The third-order valence-corrected chi connectivity index (χ3v) is 5.57. The molecule has 0 aromatic heterocycles. The number of amides is 1. The lowest BCUT2D eigenvalue weighted by Crippen LogP contribution is -2.61. The van der Waals surface area contributed by atoms with E-state index in [2.05, 4.69) is 54.1 Å². The third kappa shape index (κ3) is 4.60. The number of hydrogen-bond acceptors (Lipinski definition) is 3. The first-order chi connectivity index (χ1) is 11.0. The Balaban J connectivity index is 0.00000156. The van der Waals surface area contributed by atoms with Gasteiger partial charge in [0.05, 0.1) is 5.54 Å². The zero-order chi connectivity index (χ0) is 16.4. The molecule has 0 aliphatic carbocycles. The zero-order valence-corrected chi connectivity index (χ0v) is 17.1. The van der Waals surface area contributed by atoms with Gasteiger partial charge in [0.25, 0.3) is 0 Å². The molecule has 3 rings (SSSR count). The molecule has 0 bridgehead atoms. The van der Waals surface area contributed by atoms with Gasteiger partial charge in [0.15, 0.2) is 0 Å². The number of aryl methyl sites for hydroxylation is 1. The Labute approximate surface area is 164 Å². The molecular formula is C19H31Cl2N3O. The van der Waals surface area contributed by atoms with Crippen molar-refractivity contribution in [1.82, 2.24) is 10.2 Å². The van der Waals surface area contributed by atoms with Crippen molar-refractivity contribution in [3.05, 3.63) is 29.3 Å². The molecule has 0 radical (unpaired) electrons. The molecule has 1 aromatic carbocycles. The van der Waals surface area contributed by atoms with Crippen molar-refractivity contribution in [3.63, 3.8) is 0 Å². The lowest BCUT2D eigenvalue weighted by Gasteiger charge is -2.42. The molecule has 2 aliphatic rings. The van der Waals surface area contributed by atoms with Gasteiger partial charge in [-0.2, -0.15) is 0 Å². The first-order valence-electron chi connectivity index (χ1n) is 8.87. The summed E-state index contributed by atoms with van der Waals surface area (Å²) in [6, 6.07) is 6.49. The van der Waals surface area contributed by atoms with Crippen LogP contribution < -0.4 is 10.2 Å². The second-order valence-electron chi connectivity index (χ2n) is 7.21. The lowest BCUT2D eigenvalue weighted by molar-refractivity contribution is -0.139. The van der Waals surface area contributed by atoms with E-state index in [1.165, 1.54) is 23.2 Å². The molecule has 1 unspecified atom stereocenters. The number of benzene rings is 1. The largest absolute Gasteiger partial charge is 0.368 e. The van der Waals surface area contributed by atoms with E-state index in [0.717, 1.165) is 45.6 Å². The fraction of sp³-hybridized carbons (Fsp3) is 0.632. The molecule has 1 atom stereocenters. The molecule has 2 heterocycles. The van der Waals surface area contributed by atoms with E-state index in [4.69, 9.17) is 0 Å². The van der Waals surface area contributed by atoms with Gasteiger partial charge in [0, 0.05) is 31.9 Å². The third-order valence-electron chi connectivity index (χ3n) is 5.57. The first-order valence-corrected chi connectivity index (χ1v) is 8.87. The van der Waals surface area contributed by atoms with Crippen LogP contribution in [0.25, 0.3) is 0 Å². The summed E-state index contributed by atoms with van der Waals surface area (Å²) in [5, 5.41) is 3.45. The fourth-order valence-corrected chi connectivity index (χ4v) is 3.82. The summed E-state index contributed by atoms with van der Waals surface area (Å²) in [7, 11) is 0. The first kappa shape index (κ1) is 22.1. The number of rotatable bonds is 2. The van der Waals surface area contributed by atoms with Gasteiger partial charge in [-0.1, -0.05) is 12.1 Å². The smallest absolute Gasteiger partial charge is 0.242 e. The minimum Gasteiger partial charge on any atom is -0.368 e. The molecule has 0 saturated carbocycles. The normalized spacial score (nSPS) is 23.5. The number of hydrogen-bond donors (Lipinski definition) is 1. The fourth-order valence-electron chi connectivity index (χ4n) is 3.82. The van der Waals surface area contributed by atoms with Crippen LogP contribution in [0, 0.1) is 13.8 Å². The van der Waals surface area contributed by atoms with Crippen LogP contribution in [0.2, 0.25) is 0 Å². The van der Waals surface area contributed by atoms with Gasteiger partial charge in [-0.05, 0) is 63.8 Å². The highest BCUT2D eigenvalue weighted by molar-refractivity contribution is 5.86. The summed E-state index contributed by atoms with van der Waals surface area (Å²) in [6.45, 7) is 10.9. The number of piperidine rings is 1. The van der Waals surface area contributed by atoms with E-state index >= 15 is 0 Å². The van der Waals surface area contributed by atoms with Crippen LogP contribution in [0.5, 0.6) is 0 Å². The Bertz CT molecular complexity index is 580. The second-order valence-corrected chi connectivity index (χ2v) is 7.21. The van der Waals surface area contributed by atoms with Gasteiger partial charge in [-0.15, -0.1) is 24.8 Å². The second kappa shape index (κ2) is 9.11. The maximum Gasteiger partial charge on any atom is 0.242 e. The highest BCUT2D eigenvalue weighted by atomic mass is 35.5. The Hall–Kier alpha value is -0.970. The molecule has 4 nitrogen and oxygen atoms in total. The molecule has 1 amide bonds. The van der Waals surface area contributed by atoms with E-state index in [1.807, 2.05) is 0 Å². The standard InChI is InChI=1S/C19H29N3O.2ClH/c1-15-7-6-8-17(16(15)2)21-11-13-22(14-12-21)18(23)19(3)9-4-5-10-20-19;;/h6-8,20H,4-5,9-14H2,1-3H3;2*1H. The van der Waals surface area contributed by atoms with Gasteiger partial charge >= 0.3 is 0 Å². The SMILES string of the molecule is Cc1cccc(N2CCN(C(=O)C3(C)CCCCN3)CC2)c1C.Cl.Cl. The minimum absolute atomic E-state index is 0. The van der Waals surface area contributed by atoms with Crippen LogP contribution >= 0.6 is 24.8 Å². The molecule has 25 heavy (non-hydrogen) atoms. The van der Waals surface area contributed by atoms with Crippen molar-refractivity contribution < 1.29 is 4.79 Å². The lowest BCUT2D eigenvalue weighted by atomic mass is 9.89. The predicted molar refractivity (Wildman–Crippen MR) is 109 cm³/mol. The number of piperazine rings is 1. The van der Waals surface area contributed by atoms with Crippen LogP contribution in [-0.2, 0) is 4.79 Å². The van der Waals surface area contributed by atoms with Crippen LogP contribution in [0.4, 0.5) is 5.69 Å². The van der Waals surface area contributed by atoms with Gasteiger partial charge < -0.3 is 15.1 Å².